The SMILES string of the molecule is Cc1ccc(-c2ccc(CC(=O)N3CCC3(C)CN(C)Cc3ccc(Cl)cc3)cc2)cc1. The van der Waals surface area contributed by atoms with Gasteiger partial charge in [0.15, 0.2) is 0 Å². The maximum atomic E-state index is 13.1. The molecule has 1 unspecified atom stereocenters. The number of hydrogen-bond acceptors (Lipinski definition) is 2. The second-order valence-electron chi connectivity index (χ2n) is 9.33. The van der Waals surface area contributed by atoms with Gasteiger partial charge in [-0.15, -0.1) is 0 Å². The van der Waals surface area contributed by atoms with Gasteiger partial charge >= 0.3 is 0 Å². The minimum Gasteiger partial charge on any atom is -0.336 e. The Morgan fingerprint density at radius 3 is 2.06 bits per heavy atom. The first-order chi connectivity index (χ1) is 15.3. The average molecular weight is 447 g/mol. The minimum atomic E-state index is -0.111. The largest absolute Gasteiger partial charge is 0.336 e. The van der Waals surface area contributed by atoms with Gasteiger partial charge in [-0.25, -0.2) is 0 Å². The molecule has 3 aromatic carbocycles. The van der Waals surface area contributed by atoms with Crippen LogP contribution in [0, 0.1) is 6.92 Å². The van der Waals surface area contributed by atoms with E-state index in [1.807, 2.05) is 12.1 Å². The fraction of sp³-hybridized carbons (Fsp3) is 0.321. The highest BCUT2D eigenvalue weighted by Gasteiger charge is 2.43. The van der Waals surface area contributed by atoms with Gasteiger partial charge < -0.3 is 4.90 Å². The van der Waals surface area contributed by atoms with E-state index in [1.54, 1.807) is 0 Å². The molecule has 1 atom stereocenters. The van der Waals surface area contributed by atoms with Crippen LogP contribution in [-0.2, 0) is 17.8 Å². The summed E-state index contributed by atoms with van der Waals surface area (Å²) in [6.45, 7) is 6.83. The predicted molar refractivity (Wildman–Crippen MR) is 133 cm³/mol. The van der Waals surface area contributed by atoms with E-state index in [2.05, 4.69) is 91.4 Å². The molecule has 166 valence electrons. The molecule has 0 N–H and O–H groups in total. The summed E-state index contributed by atoms with van der Waals surface area (Å²) in [6.07, 6.45) is 1.49. The molecule has 4 heteroatoms. The number of hydrogen-bond donors (Lipinski definition) is 0. The van der Waals surface area contributed by atoms with E-state index in [9.17, 15) is 4.79 Å². The summed E-state index contributed by atoms with van der Waals surface area (Å²) < 4.78 is 0. The summed E-state index contributed by atoms with van der Waals surface area (Å²) in [5.41, 5.74) is 5.82. The first-order valence-corrected chi connectivity index (χ1v) is 11.6. The molecule has 4 rings (SSSR count). The number of benzene rings is 3. The van der Waals surface area contributed by atoms with E-state index in [-0.39, 0.29) is 11.4 Å². The number of likely N-dealkylation sites (tertiary alicyclic amines) is 1. The van der Waals surface area contributed by atoms with Crippen molar-refractivity contribution in [1.82, 2.24) is 9.80 Å². The normalized spacial score (nSPS) is 18.0. The summed E-state index contributed by atoms with van der Waals surface area (Å²) in [7, 11) is 2.12. The summed E-state index contributed by atoms with van der Waals surface area (Å²) in [4.78, 5) is 17.4. The molecule has 1 amide bonds. The Hall–Kier alpha value is -2.62. The Bertz CT molecular complexity index is 1060. The van der Waals surface area contributed by atoms with Gasteiger partial charge in [-0.1, -0.05) is 77.8 Å². The van der Waals surface area contributed by atoms with Crippen molar-refractivity contribution in [2.24, 2.45) is 0 Å². The van der Waals surface area contributed by atoms with Crippen LogP contribution in [0.25, 0.3) is 11.1 Å². The maximum absolute atomic E-state index is 13.1. The van der Waals surface area contributed by atoms with Gasteiger partial charge in [0.25, 0.3) is 0 Å². The van der Waals surface area contributed by atoms with Crippen LogP contribution in [0.4, 0.5) is 0 Å². The van der Waals surface area contributed by atoms with Crippen LogP contribution < -0.4 is 0 Å². The summed E-state index contributed by atoms with van der Waals surface area (Å²) in [5, 5.41) is 0.756. The molecule has 1 aliphatic rings. The summed E-state index contributed by atoms with van der Waals surface area (Å²) >= 11 is 5.99. The van der Waals surface area contributed by atoms with E-state index >= 15 is 0 Å². The Kier molecular flexibility index (Phi) is 6.68. The summed E-state index contributed by atoms with van der Waals surface area (Å²) in [5.74, 6) is 0.210. The zero-order valence-corrected chi connectivity index (χ0v) is 19.9. The molecule has 0 radical (unpaired) electrons. The van der Waals surface area contributed by atoms with Crippen LogP contribution >= 0.6 is 11.6 Å². The number of nitrogens with zero attached hydrogens (tertiary/aromatic N) is 2. The van der Waals surface area contributed by atoms with Crippen LogP contribution in [0.2, 0.25) is 5.02 Å². The van der Waals surface area contributed by atoms with E-state index < -0.39 is 0 Å². The second-order valence-corrected chi connectivity index (χ2v) is 9.77. The van der Waals surface area contributed by atoms with Crippen molar-refractivity contribution in [3.8, 4) is 11.1 Å². The molecule has 3 aromatic rings. The van der Waals surface area contributed by atoms with Crippen molar-refractivity contribution < 1.29 is 4.79 Å². The number of halogens is 1. The topological polar surface area (TPSA) is 23.6 Å². The van der Waals surface area contributed by atoms with Crippen molar-refractivity contribution in [2.75, 3.05) is 20.1 Å². The Morgan fingerprint density at radius 1 is 0.938 bits per heavy atom. The molecular weight excluding hydrogens is 416 g/mol. The first-order valence-electron chi connectivity index (χ1n) is 11.2. The van der Waals surface area contributed by atoms with Crippen molar-refractivity contribution in [3.05, 3.63) is 94.5 Å². The minimum absolute atomic E-state index is 0.111. The predicted octanol–water partition coefficient (Wildman–Crippen LogP) is 5.98. The van der Waals surface area contributed by atoms with E-state index in [1.165, 1.54) is 22.3 Å². The van der Waals surface area contributed by atoms with Gasteiger partial charge in [-0.2, -0.15) is 0 Å². The smallest absolute Gasteiger partial charge is 0.227 e. The molecule has 0 saturated carbocycles. The zero-order valence-electron chi connectivity index (χ0n) is 19.1. The van der Waals surface area contributed by atoms with Crippen LogP contribution in [0.1, 0.15) is 30.0 Å². The van der Waals surface area contributed by atoms with Crippen molar-refractivity contribution in [1.29, 1.82) is 0 Å². The van der Waals surface area contributed by atoms with E-state index in [0.29, 0.717) is 6.42 Å². The monoisotopic (exact) mass is 446 g/mol. The molecule has 0 spiro atoms. The molecule has 32 heavy (non-hydrogen) atoms. The number of aryl methyl sites for hydroxylation is 1. The fourth-order valence-corrected chi connectivity index (χ4v) is 4.69. The van der Waals surface area contributed by atoms with Crippen LogP contribution in [0.3, 0.4) is 0 Å². The lowest BCUT2D eigenvalue weighted by atomic mass is 9.85. The van der Waals surface area contributed by atoms with Crippen LogP contribution in [0.5, 0.6) is 0 Å². The third-order valence-corrected chi connectivity index (χ3v) is 6.75. The molecule has 0 aliphatic carbocycles. The molecule has 1 fully saturated rings. The van der Waals surface area contributed by atoms with Gasteiger partial charge in [0.2, 0.25) is 5.91 Å². The van der Waals surface area contributed by atoms with Crippen LogP contribution in [0.15, 0.2) is 72.8 Å². The lowest BCUT2D eigenvalue weighted by Crippen LogP contribution is -2.64. The Morgan fingerprint density at radius 2 is 1.50 bits per heavy atom. The Labute approximate surface area is 196 Å². The van der Waals surface area contributed by atoms with Gasteiger partial charge in [-0.05, 0) is 61.7 Å². The number of rotatable bonds is 7. The molecular formula is C28H31ClN2O. The molecule has 0 bridgehead atoms. The number of carbonyl (C=O) groups is 1. The third kappa shape index (κ3) is 5.23. The maximum Gasteiger partial charge on any atom is 0.227 e. The quantitative estimate of drug-likeness (QED) is 0.445. The van der Waals surface area contributed by atoms with E-state index in [4.69, 9.17) is 11.6 Å². The second kappa shape index (κ2) is 9.48. The lowest BCUT2D eigenvalue weighted by molar-refractivity contribution is -0.146. The van der Waals surface area contributed by atoms with Crippen molar-refractivity contribution in [3.63, 3.8) is 0 Å². The van der Waals surface area contributed by atoms with Gasteiger partial charge in [0.05, 0.1) is 12.0 Å². The van der Waals surface area contributed by atoms with Gasteiger partial charge in [0, 0.05) is 24.7 Å². The number of amides is 1. The number of carbonyl (C=O) groups excluding carboxylic acids is 1. The molecule has 3 nitrogen and oxygen atoms in total. The number of likely N-dealkylation sites (N-methyl/N-ethyl adjacent to an activating group) is 1. The van der Waals surface area contributed by atoms with Gasteiger partial charge in [-0.3, -0.25) is 9.69 Å². The van der Waals surface area contributed by atoms with Crippen molar-refractivity contribution >= 4 is 17.5 Å². The average Bonchev–Trinajstić information content (AvgIpc) is 2.75. The first kappa shape index (κ1) is 22.6. The van der Waals surface area contributed by atoms with Crippen molar-refractivity contribution in [2.45, 2.75) is 38.8 Å². The zero-order chi connectivity index (χ0) is 22.7. The summed E-state index contributed by atoms with van der Waals surface area (Å²) in [6, 6.07) is 24.9. The third-order valence-electron chi connectivity index (χ3n) is 6.50. The molecule has 1 heterocycles. The Balaban J connectivity index is 1.34. The molecule has 1 saturated heterocycles. The van der Waals surface area contributed by atoms with Crippen LogP contribution in [-0.4, -0.2) is 41.4 Å². The van der Waals surface area contributed by atoms with E-state index in [0.717, 1.165) is 36.6 Å². The molecule has 1 aliphatic heterocycles. The highest BCUT2D eigenvalue weighted by molar-refractivity contribution is 6.30. The highest BCUT2D eigenvalue weighted by atomic mass is 35.5. The highest BCUT2D eigenvalue weighted by Crippen LogP contribution is 2.32. The standard InChI is InChI=1S/C28H31ClN2O/c1-21-4-10-24(11-5-21)25-12-6-22(7-13-25)18-27(32)31-17-16-28(31,2)20-30(3)19-23-8-14-26(29)15-9-23/h4-15H,16-20H2,1-3H3. The lowest BCUT2D eigenvalue weighted by Gasteiger charge is -2.52. The molecule has 0 aromatic heterocycles. The fourth-order valence-electron chi connectivity index (χ4n) is 4.57. The van der Waals surface area contributed by atoms with Gasteiger partial charge in [0.1, 0.15) is 0 Å².